The topological polar surface area (TPSA) is 107 Å². The predicted octanol–water partition coefficient (Wildman–Crippen LogP) is 2.92. The molecule has 0 saturated carbocycles. The van der Waals surface area contributed by atoms with E-state index in [2.05, 4.69) is 31.1 Å². The summed E-state index contributed by atoms with van der Waals surface area (Å²) in [7, 11) is 0. The number of hydrogen-bond acceptors (Lipinski definition) is 8. The molecule has 1 fully saturated rings. The van der Waals surface area contributed by atoms with Crippen LogP contribution in [0.15, 0.2) is 53.3 Å². The fourth-order valence-electron chi connectivity index (χ4n) is 3.83. The van der Waals surface area contributed by atoms with E-state index < -0.39 is 0 Å². The van der Waals surface area contributed by atoms with E-state index in [9.17, 15) is 0 Å². The van der Waals surface area contributed by atoms with Crippen molar-refractivity contribution in [2.75, 3.05) is 18.0 Å². The van der Waals surface area contributed by atoms with Crippen LogP contribution in [0.2, 0.25) is 0 Å². The van der Waals surface area contributed by atoms with E-state index in [-0.39, 0.29) is 6.04 Å². The molecule has 0 spiro atoms. The molecule has 2 N–H and O–H groups in total. The lowest BCUT2D eigenvalue weighted by molar-refractivity contribution is 0.355. The van der Waals surface area contributed by atoms with Gasteiger partial charge in [-0.2, -0.15) is 4.98 Å². The molecule has 1 atom stereocenters. The molecule has 1 aromatic carbocycles. The fraction of sp³-hybridized carbons (Fsp3) is 0.286. The van der Waals surface area contributed by atoms with E-state index in [0.717, 1.165) is 47.5 Å². The van der Waals surface area contributed by atoms with Gasteiger partial charge in [0.2, 0.25) is 11.7 Å². The Morgan fingerprint density at radius 3 is 2.79 bits per heavy atom. The maximum atomic E-state index is 5.75. The van der Waals surface area contributed by atoms with Crippen LogP contribution in [0, 0.1) is 0 Å². The van der Waals surface area contributed by atoms with Crippen molar-refractivity contribution in [3.8, 4) is 11.4 Å². The van der Waals surface area contributed by atoms with E-state index in [4.69, 9.17) is 15.2 Å². The van der Waals surface area contributed by atoms with Gasteiger partial charge in [0.15, 0.2) is 0 Å². The van der Waals surface area contributed by atoms with Gasteiger partial charge in [-0.1, -0.05) is 17.3 Å². The molecule has 4 heterocycles. The third kappa shape index (κ3) is 3.31. The number of pyridine rings is 1. The van der Waals surface area contributed by atoms with Gasteiger partial charge in [-0.3, -0.25) is 4.98 Å². The Hall–Kier alpha value is -3.39. The lowest BCUT2D eigenvalue weighted by Gasteiger charge is -2.24. The minimum absolute atomic E-state index is 0.0119. The van der Waals surface area contributed by atoms with Gasteiger partial charge in [-0.05, 0) is 43.7 Å². The molecule has 8 heteroatoms. The molecule has 0 amide bonds. The van der Waals surface area contributed by atoms with Crippen LogP contribution in [0.1, 0.15) is 30.6 Å². The number of nitrogens with two attached hydrogens (primary N) is 1. The van der Waals surface area contributed by atoms with Crippen molar-refractivity contribution in [3.63, 3.8) is 0 Å². The van der Waals surface area contributed by atoms with E-state index in [0.29, 0.717) is 24.7 Å². The highest BCUT2D eigenvalue weighted by atomic mass is 16.5. The summed E-state index contributed by atoms with van der Waals surface area (Å²) in [5, 5.41) is 5.20. The van der Waals surface area contributed by atoms with Crippen LogP contribution < -0.4 is 10.6 Å². The molecule has 0 bridgehead atoms. The van der Waals surface area contributed by atoms with E-state index in [1.807, 2.05) is 30.3 Å². The summed E-state index contributed by atoms with van der Waals surface area (Å²) in [6.07, 6.45) is 6.05. The Morgan fingerprint density at radius 2 is 1.93 bits per heavy atom. The summed E-state index contributed by atoms with van der Waals surface area (Å²) in [4.78, 5) is 20.5. The molecule has 146 valence electrons. The van der Waals surface area contributed by atoms with Gasteiger partial charge in [0.05, 0.1) is 5.52 Å². The third-order valence-corrected chi connectivity index (χ3v) is 5.19. The Morgan fingerprint density at radius 1 is 1.07 bits per heavy atom. The zero-order valence-corrected chi connectivity index (χ0v) is 15.9. The van der Waals surface area contributed by atoms with Crippen molar-refractivity contribution in [1.82, 2.24) is 25.1 Å². The van der Waals surface area contributed by atoms with Crippen molar-refractivity contribution in [2.45, 2.75) is 25.3 Å². The van der Waals surface area contributed by atoms with Crippen LogP contribution in [-0.4, -0.2) is 38.2 Å². The highest BCUT2D eigenvalue weighted by Gasteiger charge is 2.33. The third-order valence-electron chi connectivity index (χ3n) is 5.19. The monoisotopic (exact) mass is 387 g/mol. The van der Waals surface area contributed by atoms with Crippen LogP contribution in [-0.2, 0) is 6.42 Å². The van der Waals surface area contributed by atoms with E-state index >= 15 is 0 Å². The number of benzene rings is 1. The number of rotatable bonds is 5. The summed E-state index contributed by atoms with van der Waals surface area (Å²) in [5.74, 6) is 2.85. The molecule has 1 aliphatic rings. The van der Waals surface area contributed by atoms with Gasteiger partial charge >= 0.3 is 0 Å². The number of fused-ring (bicyclic) bond motifs is 1. The first-order chi connectivity index (χ1) is 14.3. The highest BCUT2D eigenvalue weighted by molar-refractivity contribution is 5.89. The summed E-state index contributed by atoms with van der Waals surface area (Å²) in [6, 6.07) is 11.8. The normalized spacial score (nSPS) is 16.6. The molecule has 8 nitrogen and oxygen atoms in total. The average Bonchev–Trinajstić information content (AvgIpc) is 3.44. The number of para-hydroxylation sites is 1. The van der Waals surface area contributed by atoms with Crippen LogP contribution >= 0.6 is 0 Å². The molecule has 4 aromatic rings. The second-order valence-corrected chi connectivity index (χ2v) is 7.06. The molecule has 5 rings (SSSR count). The SMILES string of the molecule is NCCc1nc(N2CCC[C@H]2c2nc(-c3ccncc3)no2)c2ccccc2n1. The van der Waals surface area contributed by atoms with Gasteiger partial charge in [0, 0.05) is 36.3 Å². The maximum Gasteiger partial charge on any atom is 0.249 e. The van der Waals surface area contributed by atoms with Gasteiger partial charge in [0.1, 0.15) is 17.7 Å². The van der Waals surface area contributed by atoms with Crippen molar-refractivity contribution in [2.24, 2.45) is 5.73 Å². The predicted molar refractivity (Wildman–Crippen MR) is 109 cm³/mol. The zero-order valence-electron chi connectivity index (χ0n) is 15.9. The summed E-state index contributed by atoms with van der Waals surface area (Å²) < 4.78 is 5.66. The molecular formula is C21H21N7O. The number of nitrogens with zero attached hydrogens (tertiary/aromatic N) is 6. The summed E-state index contributed by atoms with van der Waals surface area (Å²) in [6.45, 7) is 1.39. The molecule has 1 saturated heterocycles. The Balaban J connectivity index is 1.54. The number of aromatic nitrogens is 5. The maximum absolute atomic E-state index is 5.75. The number of anilines is 1. The second-order valence-electron chi connectivity index (χ2n) is 7.06. The first kappa shape index (κ1) is 17.7. The fourth-order valence-corrected chi connectivity index (χ4v) is 3.83. The Bertz CT molecular complexity index is 1130. The molecular weight excluding hydrogens is 366 g/mol. The molecule has 0 unspecified atom stereocenters. The standard InChI is InChI=1S/C21H21N7O/c22-10-7-18-24-16-5-2-1-4-15(16)20(25-18)28-13-3-6-17(28)21-26-19(27-29-21)14-8-11-23-12-9-14/h1-2,4-5,8-9,11-12,17H,3,6-7,10,13,22H2/t17-/m0/s1. The largest absolute Gasteiger partial charge is 0.344 e. The average molecular weight is 387 g/mol. The smallest absolute Gasteiger partial charge is 0.249 e. The molecule has 3 aromatic heterocycles. The van der Waals surface area contributed by atoms with Gasteiger partial charge in [0.25, 0.3) is 0 Å². The van der Waals surface area contributed by atoms with Gasteiger partial charge in [-0.15, -0.1) is 0 Å². The molecule has 29 heavy (non-hydrogen) atoms. The quantitative estimate of drug-likeness (QED) is 0.557. The van der Waals surface area contributed by atoms with Crippen molar-refractivity contribution >= 4 is 16.7 Å². The second kappa shape index (κ2) is 7.56. The Kier molecular flexibility index (Phi) is 4.61. The zero-order chi connectivity index (χ0) is 19.6. The lowest BCUT2D eigenvalue weighted by Crippen LogP contribution is -2.25. The molecule has 0 aliphatic carbocycles. The first-order valence-electron chi connectivity index (χ1n) is 9.80. The van der Waals surface area contributed by atoms with Crippen molar-refractivity contribution < 1.29 is 4.52 Å². The number of hydrogen-bond donors (Lipinski definition) is 1. The van der Waals surface area contributed by atoms with E-state index in [1.54, 1.807) is 12.4 Å². The summed E-state index contributed by atoms with van der Waals surface area (Å²) >= 11 is 0. The molecule has 0 radical (unpaired) electrons. The summed E-state index contributed by atoms with van der Waals surface area (Å²) in [5.41, 5.74) is 7.57. The van der Waals surface area contributed by atoms with Crippen molar-refractivity contribution in [3.05, 3.63) is 60.5 Å². The van der Waals surface area contributed by atoms with Crippen LogP contribution in [0.4, 0.5) is 5.82 Å². The van der Waals surface area contributed by atoms with Crippen LogP contribution in [0.3, 0.4) is 0 Å². The van der Waals surface area contributed by atoms with Crippen LogP contribution in [0.5, 0.6) is 0 Å². The lowest BCUT2D eigenvalue weighted by atomic mass is 10.2. The van der Waals surface area contributed by atoms with Crippen LogP contribution in [0.25, 0.3) is 22.3 Å². The van der Waals surface area contributed by atoms with E-state index in [1.165, 1.54) is 0 Å². The minimum Gasteiger partial charge on any atom is -0.344 e. The van der Waals surface area contributed by atoms with Gasteiger partial charge in [-0.25, -0.2) is 9.97 Å². The Labute approximate surface area is 167 Å². The molecule has 1 aliphatic heterocycles. The van der Waals surface area contributed by atoms with Crippen molar-refractivity contribution in [1.29, 1.82) is 0 Å². The minimum atomic E-state index is -0.0119. The highest BCUT2D eigenvalue weighted by Crippen LogP contribution is 2.38. The van der Waals surface area contributed by atoms with Gasteiger partial charge < -0.3 is 15.2 Å². The first-order valence-corrected chi connectivity index (χ1v) is 9.80.